The first kappa shape index (κ1) is 22.0. The first-order chi connectivity index (χ1) is 12.6. The molecule has 0 aromatic heterocycles. The Morgan fingerprint density at radius 1 is 1.27 bits per heavy atom. The molecule has 1 unspecified atom stereocenters. The largest absolute Gasteiger partial charge is 0.491 e. The van der Waals surface area contributed by atoms with Gasteiger partial charge in [0.25, 0.3) is 0 Å². The first-order valence-electron chi connectivity index (χ1n) is 9.24. The lowest BCUT2D eigenvalue weighted by Gasteiger charge is -2.25. The van der Waals surface area contributed by atoms with Crippen molar-refractivity contribution in [3.05, 3.63) is 36.9 Å². The van der Waals surface area contributed by atoms with Crippen molar-refractivity contribution >= 4 is 11.8 Å². The van der Waals surface area contributed by atoms with E-state index in [-0.39, 0.29) is 6.10 Å². The standard InChI is InChI=1S/C20H32N2O4/c1-5-13-24-16-17(15-22(7-3)8-4)26-20(23)21-18-11-9-10-12-19(18)25-14-6-2/h5,9-12,17H,1,6-8,13-16H2,2-4H3,(H,21,23). The minimum atomic E-state index is -0.517. The molecule has 0 saturated carbocycles. The Bertz CT molecular complexity index is 532. The zero-order valence-electron chi connectivity index (χ0n) is 16.2. The van der Waals surface area contributed by atoms with Crippen LogP contribution in [0.2, 0.25) is 0 Å². The summed E-state index contributed by atoms with van der Waals surface area (Å²) in [6.45, 7) is 13.5. The highest BCUT2D eigenvalue weighted by Gasteiger charge is 2.18. The molecular weight excluding hydrogens is 332 g/mol. The maximum Gasteiger partial charge on any atom is 0.412 e. The van der Waals surface area contributed by atoms with E-state index in [1.165, 1.54) is 0 Å². The smallest absolute Gasteiger partial charge is 0.412 e. The average Bonchev–Trinajstić information content (AvgIpc) is 2.65. The molecule has 0 aliphatic heterocycles. The van der Waals surface area contributed by atoms with Gasteiger partial charge >= 0.3 is 6.09 Å². The molecule has 146 valence electrons. The van der Waals surface area contributed by atoms with Gasteiger partial charge in [-0.1, -0.05) is 39.0 Å². The molecule has 6 nitrogen and oxygen atoms in total. The Morgan fingerprint density at radius 2 is 2.00 bits per heavy atom. The summed E-state index contributed by atoms with van der Waals surface area (Å²) >= 11 is 0. The van der Waals surface area contributed by atoms with Crippen molar-refractivity contribution in [2.75, 3.05) is 44.8 Å². The third kappa shape index (κ3) is 8.36. The zero-order valence-corrected chi connectivity index (χ0v) is 16.2. The molecule has 6 heteroatoms. The fourth-order valence-corrected chi connectivity index (χ4v) is 2.38. The summed E-state index contributed by atoms with van der Waals surface area (Å²) in [4.78, 5) is 14.5. The summed E-state index contributed by atoms with van der Waals surface area (Å²) in [6.07, 6.45) is 1.69. The lowest BCUT2D eigenvalue weighted by Crippen LogP contribution is -2.38. The van der Waals surface area contributed by atoms with Crippen molar-refractivity contribution in [1.29, 1.82) is 0 Å². The fourth-order valence-electron chi connectivity index (χ4n) is 2.38. The summed E-state index contributed by atoms with van der Waals surface area (Å²) in [6, 6.07) is 7.33. The summed E-state index contributed by atoms with van der Waals surface area (Å²) in [5.41, 5.74) is 0.597. The molecule has 1 aromatic carbocycles. The summed E-state index contributed by atoms with van der Waals surface area (Å²) in [5.74, 6) is 0.634. The number of ether oxygens (including phenoxy) is 3. The van der Waals surface area contributed by atoms with Gasteiger partial charge in [-0.3, -0.25) is 5.32 Å². The number of nitrogens with zero attached hydrogens (tertiary/aromatic N) is 1. The van der Waals surface area contributed by atoms with E-state index in [2.05, 4.69) is 30.6 Å². The quantitative estimate of drug-likeness (QED) is 0.424. The Labute approximate surface area is 157 Å². The van der Waals surface area contributed by atoms with Gasteiger partial charge < -0.3 is 19.1 Å². The zero-order chi connectivity index (χ0) is 19.2. The van der Waals surface area contributed by atoms with Crippen LogP contribution in [0, 0.1) is 0 Å². The monoisotopic (exact) mass is 364 g/mol. The molecule has 1 N–H and O–H groups in total. The third-order valence-electron chi connectivity index (χ3n) is 3.75. The van der Waals surface area contributed by atoms with Crippen molar-refractivity contribution < 1.29 is 19.0 Å². The molecular formula is C20H32N2O4. The van der Waals surface area contributed by atoms with E-state index in [0.29, 0.717) is 37.8 Å². The lowest BCUT2D eigenvalue weighted by atomic mass is 10.3. The number of carbonyl (C=O) groups excluding carboxylic acids is 1. The number of amides is 1. The predicted octanol–water partition coefficient (Wildman–Crippen LogP) is 3.94. The van der Waals surface area contributed by atoms with Crippen LogP contribution in [0.3, 0.4) is 0 Å². The summed E-state index contributed by atoms with van der Waals surface area (Å²) in [5, 5.41) is 2.77. The van der Waals surface area contributed by atoms with Gasteiger partial charge in [0.05, 0.1) is 25.5 Å². The number of nitrogens with one attached hydrogen (secondary N) is 1. The van der Waals surface area contributed by atoms with Gasteiger partial charge in [0.15, 0.2) is 0 Å². The Hall–Kier alpha value is -2.05. The lowest BCUT2D eigenvalue weighted by molar-refractivity contribution is 0.0168. The molecule has 0 radical (unpaired) electrons. The summed E-state index contributed by atoms with van der Waals surface area (Å²) in [7, 11) is 0. The van der Waals surface area contributed by atoms with Crippen molar-refractivity contribution in [3.63, 3.8) is 0 Å². The molecule has 1 amide bonds. The maximum absolute atomic E-state index is 12.4. The van der Waals surface area contributed by atoms with Crippen LogP contribution in [0.15, 0.2) is 36.9 Å². The summed E-state index contributed by atoms with van der Waals surface area (Å²) < 4.78 is 16.7. The van der Waals surface area contributed by atoms with Gasteiger partial charge in [0, 0.05) is 6.54 Å². The van der Waals surface area contributed by atoms with Gasteiger partial charge in [-0.2, -0.15) is 0 Å². The number of carbonyl (C=O) groups is 1. The number of para-hydroxylation sites is 2. The molecule has 0 aliphatic rings. The maximum atomic E-state index is 12.4. The Balaban J connectivity index is 2.68. The molecule has 0 fully saturated rings. The van der Waals surface area contributed by atoms with E-state index in [1.54, 1.807) is 12.1 Å². The van der Waals surface area contributed by atoms with E-state index < -0.39 is 6.09 Å². The molecule has 0 aliphatic carbocycles. The average molecular weight is 364 g/mol. The number of likely N-dealkylation sites (N-methyl/N-ethyl adjacent to an activating group) is 1. The van der Waals surface area contributed by atoms with Crippen LogP contribution in [0.25, 0.3) is 0 Å². The van der Waals surface area contributed by atoms with E-state index in [0.717, 1.165) is 19.5 Å². The number of anilines is 1. The SMILES string of the molecule is C=CCOCC(CN(CC)CC)OC(=O)Nc1ccccc1OCCC. The molecule has 0 bridgehead atoms. The number of hydrogen-bond acceptors (Lipinski definition) is 5. The minimum Gasteiger partial charge on any atom is -0.491 e. The molecule has 0 saturated heterocycles. The second-order valence-corrected chi connectivity index (χ2v) is 5.81. The second kappa shape index (κ2) is 13.2. The molecule has 1 aromatic rings. The van der Waals surface area contributed by atoms with E-state index in [9.17, 15) is 4.79 Å². The van der Waals surface area contributed by atoms with E-state index in [4.69, 9.17) is 14.2 Å². The van der Waals surface area contributed by atoms with E-state index >= 15 is 0 Å². The second-order valence-electron chi connectivity index (χ2n) is 5.81. The van der Waals surface area contributed by atoms with Gasteiger partial charge in [0.2, 0.25) is 0 Å². The number of rotatable bonds is 13. The molecule has 0 heterocycles. The minimum absolute atomic E-state index is 0.323. The Morgan fingerprint density at radius 3 is 2.65 bits per heavy atom. The van der Waals surface area contributed by atoms with Crippen LogP contribution in [-0.4, -0.2) is 56.6 Å². The van der Waals surface area contributed by atoms with Crippen LogP contribution in [0.5, 0.6) is 5.75 Å². The van der Waals surface area contributed by atoms with Gasteiger partial charge in [-0.15, -0.1) is 6.58 Å². The van der Waals surface area contributed by atoms with Crippen LogP contribution in [0.1, 0.15) is 27.2 Å². The number of hydrogen-bond donors (Lipinski definition) is 1. The topological polar surface area (TPSA) is 60.0 Å². The van der Waals surface area contributed by atoms with Crippen LogP contribution in [0.4, 0.5) is 10.5 Å². The van der Waals surface area contributed by atoms with Gasteiger partial charge in [-0.05, 0) is 31.6 Å². The highest BCUT2D eigenvalue weighted by atomic mass is 16.6. The molecule has 26 heavy (non-hydrogen) atoms. The number of benzene rings is 1. The third-order valence-corrected chi connectivity index (χ3v) is 3.75. The first-order valence-corrected chi connectivity index (χ1v) is 9.24. The van der Waals surface area contributed by atoms with Crippen molar-refractivity contribution in [3.8, 4) is 5.75 Å². The van der Waals surface area contributed by atoms with Crippen molar-refractivity contribution in [2.24, 2.45) is 0 Å². The molecule has 1 atom stereocenters. The normalized spacial score (nSPS) is 11.8. The predicted molar refractivity (Wildman–Crippen MR) is 105 cm³/mol. The Kier molecular flexibility index (Phi) is 11.2. The highest BCUT2D eigenvalue weighted by Crippen LogP contribution is 2.24. The van der Waals surface area contributed by atoms with Crippen LogP contribution < -0.4 is 10.1 Å². The molecule has 1 rings (SSSR count). The van der Waals surface area contributed by atoms with Crippen molar-refractivity contribution in [2.45, 2.75) is 33.3 Å². The van der Waals surface area contributed by atoms with Gasteiger partial charge in [-0.25, -0.2) is 4.79 Å². The van der Waals surface area contributed by atoms with Crippen LogP contribution in [-0.2, 0) is 9.47 Å². The van der Waals surface area contributed by atoms with Gasteiger partial charge in [0.1, 0.15) is 11.9 Å². The molecule has 0 spiro atoms. The fraction of sp³-hybridized carbons (Fsp3) is 0.550. The van der Waals surface area contributed by atoms with E-state index in [1.807, 2.05) is 25.1 Å². The van der Waals surface area contributed by atoms with Crippen LogP contribution >= 0.6 is 0 Å². The highest BCUT2D eigenvalue weighted by molar-refractivity contribution is 5.86. The van der Waals surface area contributed by atoms with Crippen molar-refractivity contribution in [1.82, 2.24) is 4.90 Å².